The van der Waals surface area contributed by atoms with Crippen LogP contribution in [0.25, 0.3) is 11.4 Å². The summed E-state index contributed by atoms with van der Waals surface area (Å²) in [7, 11) is -0.477. The van der Waals surface area contributed by atoms with Gasteiger partial charge in [-0.3, -0.25) is 4.72 Å². The second-order valence-electron chi connectivity index (χ2n) is 6.97. The van der Waals surface area contributed by atoms with E-state index in [2.05, 4.69) is 14.7 Å². The summed E-state index contributed by atoms with van der Waals surface area (Å²) in [6, 6.07) is 9.50. The molecule has 0 aliphatic rings. The number of nitrogens with two attached hydrogens (primary N) is 1. The van der Waals surface area contributed by atoms with Crippen LogP contribution in [0.1, 0.15) is 5.56 Å². The van der Waals surface area contributed by atoms with Crippen LogP contribution in [0.5, 0.6) is 0 Å². The molecule has 0 saturated carbocycles. The molecule has 1 heterocycles. The van der Waals surface area contributed by atoms with Crippen molar-refractivity contribution >= 4 is 38.8 Å². The lowest BCUT2D eigenvalue weighted by Crippen LogP contribution is -2.23. The van der Waals surface area contributed by atoms with Gasteiger partial charge in [0.25, 0.3) is 10.0 Å². The van der Waals surface area contributed by atoms with E-state index in [0.717, 1.165) is 12.1 Å². The molecule has 0 bridgehead atoms. The number of benzene rings is 2. The molecule has 0 atom stereocenters. The summed E-state index contributed by atoms with van der Waals surface area (Å²) >= 11 is 5.78. The molecule has 162 valence electrons. The van der Waals surface area contributed by atoms with Crippen molar-refractivity contribution in [1.29, 1.82) is 5.41 Å². The van der Waals surface area contributed by atoms with E-state index in [-0.39, 0.29) is 16.5 Å². The summed E-state index contributed by atoms with van der Waals surface area (Å²) in [5.74, 6) is -0.399. The molecule has 0 unspecified atom stereocenters. The average molecular weight is 463 g/mol. The summed E-state index contributed by atoms with van der Waals surface area (Å²) < 4.78 is 41.2. The number of halogens is 2. The molecule has 31 heavy (non-hydrogen) atoms. The number of sulfonamides is 1. The highest BCUT2D eigenvalue weighted by Crippen LogP contribution is 2.24. The van der Waals surface area contributed by atoms with E-state index in [9.17, 15) is 12.8 Å². The number of nitrogen functional groups attached to an aromatic ring is 1. The molecule has 2 aromatic carbocycles. The van der Waals surface area contributed by atoms with E-state index in [0.29, 0.717) is 29.2 Å². The van der Waals surface area contributed by atoms with Crippen molar-refractivity contribution in [2.24, 2.45) is 0 Å². The van der Waals surface area contributed by atoms with Gasteiger partial charge < -0.3 is 16.0 Å². The van der Waals surface area contributed by atoms with E-state index in [1.54, 1.807) is 12.1 Å². The molecule has 4 N–H and O–H groups in total. The zero-order chi connectivity index (χ0) is 22.8. The number of likely N-dealkylation sites (N-methyl/N-ethyl adjacent to an activating group) is 1. The fraction of sp³-hybridized carbons (Fsp3) is 0.150. The average Bonchev–Trinajstić information content (AvgIpc) is 2.69. The minimum Gasteiger partial charge on any atom is -0.383 e. The molecule has 0 aliphatic carbocycles. The van der Waals surface area contributed by atoms with Crippen molar-refractivity contribution in [1.82, 2.24) is 14.9 Å². The minimum atomic E-state index is -4.16. The Kier molecular flexibility index (Phi) is 6.54. The number of rotatable bonds is 7. The molecule has 0 amide bonds. The third-order valence-electron chi connectivity index (χ3n) is 4.20. The number of hydrogen-bond acceptors (Lipinski definition) is 7. The molecule has 8 nitrogen and oxygen atoms in total. The van der Waals surface area contributed by atoms with Crippen molar-refractivity contribution in [2.75, 3.05) is 31.1 Å². The number of aromatic nitrogens is 2. The lowest BCUT2D eigenvalue weighted by molar-refractivity contribution is 0.469. The van der Waals surface area contributed by atoms with Crippen LogP contribution in [0, 0.1) is 11.2 Å². The van der Waals surface area contributed by atoms with Gasteiger partial charge >= 0.3 is 0 Å². The van der Waals surface area contributed by atoms with Gasteiger partial charge in [0.05, 0.1) is 11.3 Å². The predicted octanol–water partition coefficient (Wildman–Crippen LogP) is 3.25. The Bertz CT molecular complexity index is 1230. The third kappa shape index (κ3) is 5.35. The minimum absolute atomic E-state index is 0.106. The third-order valence-corrected chi connectivity index (χ3v) is 5.83. The Hall–Kier alpha value is -3.08. The fourth-order valence-electron chi connectivity index (χ4n) is 2.75. The molecule has 0 saturated heterocycles. The largest absolute Gasteiger partial charge is 0.383 e. The molecule has 0 fully saturated rings. The van der Waals surface area contributed by atoms with Gasteiger partial charge in [-0.15, -0.1) is 0 Å². The highest BCUT2D eigenvalue weighted by molar-refractivity contribution is 7.92. The van der Waals surface area contributed by atoms with Crippen LogP contribution >= 0.6 is 11.6 Å². The van der Waals surface area contributed by atoms with Crippen LogP contribution in [0.15, 0.2) is 53.6 Å². The van der Waals surface area contributed by atoms with Crippen LogP contribution in [-0.4, -0.2) is 49.6 Å². The van der Waals surface area contributed by atoms with Crippen LogP contribution in [0.3, 0.4) is 0 Å². The van der Waals surface area contributed by atoms with Gasteiger partial charge in [-0.2, -0.15) is 0 Å². The first kappa shape index (κ1) is 22.6. The lowest BCUT2D eigenvalue weighted by atomic mass is 10.1. The Morgan fingerprint density at radius 2 is 1.90 bits per heavy atom. The molecule has 3 rings (SSSR count). The normalized spacial score (nSPS) is 11.5. The maximum absolute atomic E-state index is 13.9. The highest BCUT2D eigenvalue weighted by Gasteiger charge is 2.20. The number of nitrogens with one attached hydrogen (secondary N) is 2. The molecule has 1 aromatic heterocycles. The zero-order valence-corrected chi connectivity index (χ0v) is 18.3. The van der Waals surface area contributed by atoms with Gasteiger partial charge in [-0.05, 0) is 56.6 Å². The van der Waals surface area contributed by atoms with Gasteiger partial charge in [-0.25, -0.2) is 22.8 Å². The summed E-state index contributed by atoms with van der Waals surface area (Å²) in [6.07, 6.45) is 1.49. The van der Waals surface area contributed by atoms with Crippen LogP contribution in [0.2, 0.25) is 5.02 Å². The second-order valence-corrected chi connectivity index (χ2v) is 9.05. The van der Waals surface area contributed by atoms with Crippen LogP contribution < -0.4 is 10.5 Å². The van der Waals surface area contributed by atoms with Gasteiger partial charge in [-0.1, -0.05) is 11.6 Å². The standard InChI is InChI=1S/C20H20ClFN6O2S/c1-28(2)11-17(23)15-10-25-20(26-19(15)24)12-3-6-14(7-4-12)27-31(29,30)18-9-13(21)5-8-16(18)22/h3-10,23,27H,11H2,1-2H3,(H2,24,25,26). The molecular weight excluding hydrogens is 443 g/mol. The van der Waals surface area contributed by atoms with Gasteiger partial charge in [0, 0.05) is 29.0 Å². The van der Waals surface area contributed by atoms with Crippen molar-refractivity contribution in [3.63, 3.8) is 0 Å². The Morgan fingerprint density at radius 1 is 1.23 bits per heavy atom. The topological polar surface area (TPSA) is 125 Å². The maximum Gasteiger partial charge on any atom is 0.264 e. The van der Waals surface area contributed by atoms with Crippen LogP contribution in [-0.2, 0) is 10.0 Å². The maximum atomic E-state index is 13.9. The smallest absolute Gasteiger partial charge is 0.264 e. The van der Waals surface area contributed by atoms with Crippen LogP contribution in [0.4, 0.5) is 15.9 Å². The molecule has 0 radical (unpaired) electrons. The highest BCUT2D eigenvalue weighted by atomic mass is 35.5. The SMILES string of the molecule is CN(C)CC(=N)c1cnc(-c2ccc(NS(=O)(=O)c3cc(Cl)ccc3F)cc2)nc1N. The molecule has 11 heteroatoms. The van der Waals surface area contributed by atoms with Crippen molar-refractivity contribution in [2.45, 2.75) is 4.90 Å². The predicted molar refractivity (Wildman–Crippen MR) is 119 cm³/mol. The van der Waals surface area contributed by atoms with Gasteiger partial charge in [0.2, 0.25) is 0 Å². The number of nitrogens with zero attached hydrogens (tertiary/aromatic N) is 3. The summed E-state index contributed by atoms with van der Waals surface area (Å²) in [5, 5.41) is 8.19. The van der Waals surface area contributed by atoms with E-state index in [1.165, 1.54) is 24.4 Å². The van der Waals surface area contributed by atoms with E-state index < -0.39 is 20.7 Å². The summed E-state index contributed by atoms with van der Waals surface area (Å²) in [5.41, 5.74) is 7.55. The Balaban J connectivity index is 1.81. The quantitative estimate of drug-likeness (QED) is 0.463. The zero-order valence-electron chi connectivity index (χ0n) is 16.7. The molecule has 0 spiro atoms. The lowest BCUT2D eigenvalue weighted by Gasteiger charge is -2.13. The number of hydrogen-bond donors (Lipinski definition) is 3. The Labute approximate surface area is 184 Å². The van der Waals surface area contributed by atoms with Crippen molar-refractivity contribution in [3.05, 3.63) is 65.1 Å². The summed E-state index contributed by atoms with van der Waals surface area (Å²) in [4.78, 5) is 9.80. The molecular formula is C20H20ClFN6O2S. The number of anilines is 2. The summed E-state index contributed by atoms with van der Waals surface area (Å²) in [6.45, 7) is 0.398. The van der Waals surface area contributed by atoms with Crippen molar-refractivity contribution < 1.29 is 12.8 Å². The first-order valence-electron chi connectivity index (χ1n) is 9.00. The second kappa shape index (κ2) is 8.96. The van der Waals surface area contributed by atoms with E-state index >= 15 is 0 Å². The van der Waals surface area contributed by atoms with Gasteiger partial charge in [0.1, 0.15) is 16.5 Å². The molecule has 0 aliphatic heterocycles. The fourth-order valence-corrected chi connectivity index (χ4v) is 4.15. The Morgan fingerprint density at radius 3 is 2.52 bits per heavy atom. The molecule has 3 aromatic rings. The first-order valence-corrected chi connectivity index (χ1v) is 10.9. The van der Waals surface area contributed by atoms with Crippen molar-refractivity contribution in [3.8, 4) is 11.4 Å². The van der Waals surface area contributed by atoms with E-state index in [4.69, 9.17) is 22.7 Å². The van der Waals surface area contributed by atoms with E-state index in [1.807, 2.05) is 19.0 Å². The first-order chi connectivity index (χ1) is 14.6. The monoisotopic (exact) mass is 462 g/mol. The van der Waals surface area contributed by atoms with Gasteiger partial charge in [0.15, 0.2) is 5.82 Å².